The van der Waals surface area contributed by atoms with E-state index in [0.29, 0.717) is 12.2 Å². The minimum atomic E-state index is -0.561. The number of nitrogens with zero attached hydrogens (tertiary/aromatic N) is 2. The van der Waals surface area contributed by atoms with Crippen molar-refractivity contribution in [1.29, 1.82) is 0 Å². The molecule has 0 aliphatic heterocycles. The maximum absolute atomic E-state index is 13.3. The van der Waals surface area contributed by atoms with Crippen molar-refractivity contribution < 1.29 is 9.18 Å². The zero-order valence-electron chi connectivity index (χ0n) is 14.8. The Morgan fingerprint density at radius 2 is 2.00 bits per heavy atom. The molecule has 0 aliphatic carbocycles. The zero-order chi connectivity index (χ0) is 19.9. The first-order valence-corrected chi connectivity index (χ1v) is 9.87. The summed E-state index contributed by atoms with van der Waals surface area (Å²) >= 11 is 6.84. The molecule has 1 aromatic heterocycles. The van der Waals surface area contributed by atoms with E-state index < -0.39 is 11.4 Å². The third-order valence-corrected chi connectivity index (χ3v) is 5.16. The standard InChI is InChI=1S/C20H17ClFN3O2S/c21-16-12-15(6-7-17(16)22)25-11-10-24-19(20(25)27)28-13-18(26)23-9-8-14-4-2-1-3-5-14/h1-7,10-12H,8-9,13H2,(H,23,26). The number of nitrogens with one attached hydrogen (secondary N) is 1. The molecule has 0 fully saturated rings. The van der Waals surface area contributed by atoms with E-state index in [1.165, 1.54) is 35.2 Å². The van der Waals surface area contributed by atoms with Gasteiger partial charge in [-0.3, -0.25) is 14.2 Å². The van der Waals surface area contributed by atoms with E-state index in [2.05, 4.69) is 10.3 Å². The largest absolute Gasteiger partial charge is 0.355 e. The molecule has 3 rings (SSSR count). The summed E-state index contributed by atoms with van der Waals surface area (Å²) < 4.78 is 14.6. The second-order valence-electron chi connectivity index (χ2n) is 5.88. The van der Waals surface area contributed by atoms with Gasteiger partial charge in [0.1, 0.15) is 5.82 Å². The zero-order valence-corrected chi connectivity index (χ0v) is 16.3. The monoisotopic (exact) mass is 417 g/mol. The van der Waals surface area contributed by atoms with E-state index in [1.54, 1.807) is 0 Å². The van der Waals surface area contributed by atoms with Gasteiger partial charge in [-0.05, 0) is 30.2 Å². The van der Waals surface area contributed by atoms with Gasteiger partial charge in [0.15, 0.2) is 5.03 Å². The Bertz CT molecular complexity index is 1030. The van der Waals surface area contributed by atoms with Crippen LogP contribution in [0.5, 0.6) is 0 Å². The van der Waals surface area contributed by atoms with Crippen molar-refractivity contribution in [2.45, 2.75) is 11.4 Å². The van der Waals surface area contributed by atoms with Crippen molar-refractivity contribution in [1.82, 2.24) is 14.9 Å². The molecule has 144 valence electrons. The third-order valence-electron chi connectivity index (χ3n) is 3.91. The van der Waals surface area contributed by atoms with Crippen molar-refractivity contribution in [2.75, 3.05) is 12.3 Å². The van der Waals surface area contributed by atoms with Crippen LogP contribution in [0, 0.1) is 5.82 Å². The van der Waals surface area contributed by atoms with Gasteiger partial charge >= 0.3 is 0 Å². The van der Waals surface area contributed by atoms with Gasteiger partial charge in [0.2, 0.25) is 5.91 Å². The number of amides is 1. The van der Waals surface area contributed by atoms with E-state index in [4.69, 9.17) is 11.6 Å². The van der Waals surface area contributed by atoms with Crippen molar-refractivity contribution in [3.05, 3.63) is 87.7 Å². The first-order chi connectivity index (χ1) is 13.5. The second kappa shape index (κ2) is 9.52. The number of halogens is 2. The SMILES string of the molecule is O=C(CSc1nccn(-c2ccc(F)c(Cl)c2)c1=O)NCCc1ccccc1. The quantitative estimate of drug-likeness (QED) is 0.598. The Morgan fingerprint density at radius 3 is 2.75 bits per heavy atom. The van der Waals surface area contributed by atoms with Gasteiger partial charge in [0.05, 0.1) is 16.5 Å². The number of carbonyl (C=O) groups excluding carboxylic acids is 1. The number of aromatic nitrogens is 2. The summed E-state index contributed by atoms with van der Waals surface area (Å²) in [4.78, 5) is 28.7. The molecule has 1 amide bonds. The van der Waals surface area contributed by atoms with Gasteiger partial charge in [-0.25, -0.2) is 9.37 Å². The van der Waals surface area contributed by atoms with Crippen LogP contribution in [0.3, 0.4) is 0 Å². The van der Waals surface area contributed by atoms with E-state index >= 15 is 0 Å². The van der Waals surface area contributed by atoms with E-state index in [0.717, 1.165) is 23.7 Å². The van der Waals surface area contributed by atoms with E-state index in [1.807, 2.05) is 30.3 Å². The fraction of sp³-hybridized carbons (Fsp3) is 0.150. The Balaban J connectivity index is 1.59. The summed E-state index contributed by atoms with van der Waals surface area (Å²) in [5, 5.41) is 2.93. The molecule has 0 radical (unpaired) electrons. The van der Waals surface area contributed by atoms with Gasteiger partial charge < -0.3 is 5.32 Å². The molecule has 2 aromatic carbocycles. The highest BCUT2D eigenvalue weighted by Crippen LogP contribution is 2.18. The van der Waals surface area contributed by atoms with Crippen LogP contribution in [0.15, 0.2) is 70.7 Å². The third kappa shape index (κ3) is 5.21. The molecule has 1 N–H and O–H groups in total. The minimum Gasteiger partial charge on any atom is -0.355 e. The molecule has 0 unspecified atom stereocenters. The summed E-state index contributed by atoms with van der Waals surface area (Å²) in [5.74, 6) is -0.665. The maximum Gasteiger partial charge on any atom is 0.287 e. The van der Waals surface area contributed by atoms with Crippen molar-refractivity contribution in [2.24, 2.45) is 0 Å². The van der Waals surface area contributed by atoms with Crippen molar-refractivity contribution in [3.8, 4) is 5.69 Å². The van der Waals surface area contributed by atoms with Crippen LogP contribution in [-0.4, -0.2) is 27.8 Å². The second-order valence-corrected chi connectivity index (χ2v) is 7.25. The molecule has 0 spiro atoms. The predicted octanol–water partition coefficient (Wildman–Crippen LogP) is 3.48. The van der Waals surface area contributed by atoms with Gasteiger partial charge in [0.25, 0.3) is 5.56 Å². The molecule has 1 heterocycles. The molecule has 0 atom stereocenters. The lowest BCUT2D eigenvalue weighted by Crippen LogP contribution is -2.28. The van der Waals surface area contributed by atoms with Gasteiger partial charge in [0, 0.05) is 18.9 Å². The molecule has 28 heavy (non-hydrogen) atoms. The van der Waals surface area contributed by atoms with Gasteiger partial charge in [-0.2, -0.15) is 0 Å². The molecule has 3 aromatic rings. The molecule has 0 aliphatic rings. The lowest BCUT2D eigenvalue weighted by molar-refractivity contribution is -0.118. The normalized spacial score (nSPS) is 10.6. The van der Waals surface area contributed by atoms with Crippen LogP contribution in [0.1, 0.15) is 5.56 Å². The molecule has 0 saturated carbocycles. The summed E-state index contributed by atoms with van der Waals surface area (Å²) in [5.41, 5.74) is 1.17. The highest BCUT2D eigenvalue weighted by molar-refractivity contribution is 7.99. The Hall–Kier alpha value is -2.64. The molecule has 0 bridgehead atoms. The first-order valence-electron chi connectivity index (χ1n) is 8.51. The molecular weight excluding hydrogens is 401 g/mol. The summed E-state index contributed by atoms with van der Waals surface area (Å²) in [6.45, 7) is 0.518. The highest BCUT2D eigenvalue weighted by Gasteiger charge is 2.11. The number of hydrogen-bond donors (Lipinski definition) is 1. The van der Waals surface area contributed by atoms with E-state index in [9.17, 15) is 14.0 Å². The van der Waals surface area contributed by atoms with E-state index in [-0.39, 0.29) is 21.7 Å². The van der Waals surface area contributed by atoms with Gasteiger partial charge in [-0.1, -0.05) is 53.7 Å². The number of benzene rings is 2. The lowest BCUT2D eigenvalue weighted by Gasteiger charge is -2.08. The lowest BCUT2D eigenvalue weighted by atomic mass is 10.1. The molecule has 5 nitrogen and oxygen atoms in total. The van der Waals surface area contributed by atoms with Crippen LogP contribution in [0.25, 0.3) is 5.69 Å². The number of thioether (sulfide) groups is 1. The fourth-order valence-corrected chi connectivity index (χ4v) is 3.41. The Labute approximate surface area is 170 Å². The van der Waals surface area contributed by atoms with Crippen LogP contribution in [0.4, 0.5) is 4.39 Å². The Morgan fingerprint density at radius 1 is 1.21 bits per heavy atom. The summed E-state index contributed by atoms with van der Waals surface area (Å²) in [6, 6.07) is 13.9. The molecular formula is C20H17ClFN3O2S. The van der Waals surface area contributed by atoms with Crippen molar-refractivity contribution in [3.63, 3.8) is 0 Å². The average Bonchev–Trinajstić information content (AvgIpc) is 2.70. The first kappa shape index (κ1) is 20.1. The topological polar surface area (TPSA) is 64.0 Å². The number of carbonyl (C=O) groups is 1. The highest BCUT2D eigenvalue weighted by atomic mass is 35.5. The Kier molecular flexibility index (Phi) is 6.84. The molecule has 0 saturated heterocycles. The van der Waals surface area contributed by atoms with Crippen LogP contribution in [-0.2, 0) is 11.2 Å². The summed E-state index contributed by atoms with van der Waals surface area (Å²) in [7, 11) is 0. The maximum atomic E-state index is 13.3. The minimum absolute atomic E-state index is 0.0746. The average molecular weight is 418 g/mol. The van der Waals surface area contributed by atoms with Crippen LogP contribution < -0.4 is 10.9 Å². The number of hydrogen-bond acceptors (Lipinski definition) is 4. The smallest absolute Gasteiger partial charge is 0.287 e. The predicted molar refractivity (Wildman–Crippen MR) is 109 cm³/mol. The number of rotatable bonds is 7. The summed E-state index contributed by atoms with van der Waals surface area (Å²) in [6.07, 6.45) is 3.66. The fourth-order valence-electron chi connectivity index (χ4n) is 2.51. The van der Waals surface area contributed by atoms with Crippen LogP contribution >= 0.6 is 23.4 Å². The van der Waals surface area contributed by atoms with Crippen LogP contribution in [0.2, 0.25) is 5.02 Å². The molecule has 8 heteroatoms. The van der Waals surface area contributed by atoms with Crippen molar-refractivity contribution >= 4 is 29.3 Å². The van der Waals surface area contributed by atoms with Gasteiger partial charge in [-0.15, -0.1) is 0 Å².